The first-order valence-corrected chi connectivity index (χ1v) is 6.73. The van der Waals surface area contributed by atoms with Gasteiger partial charge in [-0.3, -0.25) is 4.57 Å². The van der Waals surface area contributed by atoms with Crippen LogP contribution in [0, 0.1) is 0 Å². The standard InChI is InChI=1S/C14H17N3O2S/c1-16-8-9-17(14(16)18)7-2-10-19-12-5-3-11(4-6-12)13(15)20/h3-6,8-9H,2,7,10H2,1H3,(H2,15,20). The van der Waals surface area contributed by atoms with Crippen LogP contribution in [0.2, 0.25) is 0 Å². The van der Waals surface area contributed by atoms with Gasteiger partial charge in [0.25, 0.3) is 0 Å². The van der Waals surface area contributed by atoms with E-state index in [2.05, 4.69) is 0 Å². The predicted molar refractivity (Wildman–Crippen MR) is 82.1 cm³/mol. The summed E-state index contributed by atoms with van der Waals surface area (Å²) in [5.74, 6) is 0.769. The maximum Gasteiger partial charge on any atom is 0.327 e. The summed E-state index contributed by atoms with van der Waals surface area (Å²) >= 11 is 4.88. The number of hydrogen-bond acceptors (Lipinski definition) is 3. The molecule has 0 spiro atoms. The number of aryl methyl sites for hydroxylation is 2. The molecule has 20 heavy (non-hydrogen) atoms. The number of nitrogens with zero attached hydrogens (tertiary/aromatic N) is 2. The molecule has 0 saturated heterocycles. The van der Waals surface area contributed by atoms with Gasteiger partial charge in [-0.25, -0.2) is 4.79 Å². The van der Waals surface area contributed by atoms with Crippen LogP contribution in [0.3, 0.4) is 0 Å². The van der Waals surface area contributed by atoms with E-state index in [4.69, 9.17) is 22.7 Å². The quantitative estimate of drug-likeness (QED) is 0.643. The monoisotopic (exact) mass is 291 g/mol. The number of thiocarbonyl (C=S) groups is 1. The Kier molecular flexibility index (Phi) is 4.57. The van der Waals surface area contributed by atoms with Crippen molar-refractivity contribution in [2.24, 2.45) is 12.8 Å². The van der Waals surface area contributed by atoms with Gasteiger partial charge in [0.15, 0.2) is 0 Å². The lowest BCUT2D eigenvalue weighted by atomic mass is 10.2. The van der Waals surface area contributed by atoms with Gasteiger partial charge >= 0.3 is 5.69 Å². The molecule has 0 unspecified atom stereocenters. The summed E-state index contributed by atoms with van der Waals surface area (Å²) in [6.45, 7) is 1.19. The third kappa shape index (κ3) is 3.48. The zero-order valence-electron chi connectivity index (χ0n) is 11.3. The second kappa shape index (κ2) is 6.38. The van der Waals surface area contributed by atoms with Crippen molar-refractivity contribution in [2.45, 2.75) is 13.0 Å². The first-order chi connectivity index (χ1) is 9.58. The molecule has 1 aromatic carbocycles. The Hall–Kier alpha value is -2.08. The summed E-state index contributed by atoms with van der Waals surface area (Å²) in [6.07, 6.45) is 4.29. The van der Waals surface area contributed by atoms with Gasteiger partial charge in [-0.1, -0.05) is 12.2 Å². The minimum atomic E-state index is -0.00851. The summed E-state index contributed by atoms with van der Waals surface area (Å²) in [7, 11) is 1.73. The molecule has 6 heteroatoms. The smallest absolute Gasteiger partial charge is 0.327 e. The van der Waals surface area contributed by atoms with Crippen molar-refractivity contribution in [1.82, 2.24) is 9.13 Å². The van der Waals surface area contributed by atoms with Crippen LogP contribution < -0.4 is 16.2 Å². The molecule has 5 nitrogen and oxygen atoms in total. The average Bonchev–Trinajstić information content (AvgIpc) is 2.76. The molecule has 0 atom stereocenters. The van der Waals surface area contributed by atoms with Gasteiger partial charge in [0.2, 0.25) is 0 Å². The van der Waals surface area contributed by atoms with Crippen LogP contribution in [-0.2, 0) is 13.6 Å². The first-order valence-electron chi connectivity index (χ1n) is 6.32. The molecule has 106 valence electrons. The van der Waals surface area contributed by atoms with E-state index in [0.29, 0.717) is 18.1 Å². The number of imidazole rings is 1. The lowest BCUT2D eigenvalue weighted by Gasteiger charge is -2.07. The molecule has 0 amide bonds. The van der Waals surface area contributed by atoms with E-state index in [9.17, 15) is 4.79 Å². The van der Waals surface area contributed by atoms with Crippen LogP contribution in [0.5, 0.6) is 5.75 Å². The second-order valence-electron chi connectivity index (χ2n) is 4.48. The van der Waals surface area contributed by atoms with Gasteiger partial charge < -0.3 is 15.0 Å². The highest BCUT2D eigenvalue weighted by atomic mass is 32.1. The third-order valence-corrected chi connectivity index (χ3v) is 3.20. The number of benzene rings is 1. The fraction of sp³-hybridized carbons (Fsp3) is 0.286. The fourth-order valence-corrected chi connectivity index (χ4v) is 1.96. The van der Waals surface area contributed by atoms with Gasteiger partial charge in [0, 0.05) is 31.5 Å². The van der Waals surface area contributed by atoms with E-state index in [0.717, 1.165) is 17.7 Å². The zero-order chi connectivity index (χ0) is 14.5. The average molecular weight is 291 g/mol. The zero-order valence-corrected chi connectivity index (χ0v) is 12.1. The Morgan fingerprint density at radius 1 is 1.30 bits per heavy atom. The van der Waals surface area contributed by atoms with E-state index in [-0.39, 0.29) is 5.69 Å². The van der Waals surface area contributed by atoms with E-state index < -0.39 is 0 Å². The van der Waals surface area contributed by atoms with Crippen LogP contribution in [0.25, 0.3) is 0 Å². The highest BCUT2D eigenvalue weighted by Gasteiger charge is 2.00. The second-order valence-corrected chi connectivity index (χ2v) is 4.92. The highest BCUT2D eigenvalue weighted by molar-refractivity contribution is 7.80. The number of ether oxygens (including phenoxy) is 1. The molecule has 0 aliphatic rings. The molecule has 0 saturated carbocycles. The lowest BCUT2D eigenvalue weighted by molar-refractivity contribution is 0.301. The van der Waals surface area contributed by atoms with Crippen LogP contribution >= 0.6 is 12.2 Å². The van der Waals surface area contributed by atoms with E-state index in [1.54, 1.807) is 28.6 Å². The summed E-state index contributed by atoms with van der Waals surface area (Å²) in [5, 5.41) is 0. The lowest BCUT2D eigenvalue weighted by Crippen LogP contribution is -2.22. The molecule has 2 N–H and O–H groups in total. The summed E-state index contributed by atoms with van der Waals surface area (Å²) in [6, 6.07) is 7.34. The summed E-state index contributed by atoms with van der Waals surface area (Å²) in [5.41, 5.74) is 6.34. The normalized spacial score (nSPS) is 10.4. The predicted octanol–water partition coefficient (Wildman–Crippen LogP) is 1.29. The van der Waals surface area contributed by atoms with Crippen molar-refractivity contribution >= 4 is 17.2 Å². The largest absolute Gasteiger partial charge is 0.494 e. The van der Waals surface area contributed by atoms with Gasteiger partial charge in [-0.05, 0) is 30.7 Å². The van der Waals surface area contributed by atoms with E-state index in [1.165, 1.54) is 0 Å². The molecule has 0 aliphatic carbocycles. The Morgan fingerprint density at radius 2 is 2.00 bits per heavy atom. The Balaban J connectivity index is 1.80. The van der Waals surface area contributed by atoms with Crippen molar-refractivity contribution in [1.29, 1.82) is 0 Å². The van der Waals surface area contributed by atoms with E-state index >= 15 is 0 Å². The summed E-state index contributed by atoms with van der Waals surface area (Å²) in [4.78, 5) is 12.0. The van der Waals surface area contributed by atoms with Crippen LogP contribution in [0.15, 0.2) is 41.5 Å². The van der Waals surface area contributed by atoms with Crippen molar-refractivity contribution < 1.29 is 4.74 Å². The molecule has 0 bridgehead atoms. The van der Waals surface area contributed by atoms with Crippen molar-refractivity contribution in [3.8, 4) is 5.75 Å². The minimum absolute atomic E-state index is 0.00851. The fourth-order valence-electron chi connectivity index (χ4n) is 1.82. The molecular weight excluding hydrogens is 274 g/mol. The molecule has 0 aliphatic heterocycles. The number of rotatable bonds is 6. The van der Waals surface area contributed by atoms with Gasteiger partial charge in [0.05, 0.1) is 6.61 Å². The third-order valence-electron chi connectivity index (χ3n) is 2.97. The van der Waals surface area contributed by atoms with Crippen LogP contribution in [0.1, 0.15) is 12.0 Å². The maximum absolute atomic E-state index is 11.6. The molecule has 2 rings (SSSR count). The SMILES string of the molecule is Cn1ccn(CCCOc2ccc(C(N)=S)cc2)c1=O. The molecule has 2 aromatic rings. The van der Waals surface area contributed by atoms with Gasteiger partial charge in [-0.15, -0.1) is 0 Å². The van der Waals surface area contributed by atoms with E-state index in [1.807, 2.05) is 24.3 Å². The number of nitrogens with two attached hydrogens (primary N) is 1. The molecule has 1 aromatic heterocycles. The molecule has 1 heterocycles. The Morgan fingerprint density at radius 3 is 2.55 bits per heavy atom. The Labute approximate surface area is 122 Å². The molecule has 0 radical (unpaired) electrons. The topological polar surface area (TPSA) is 62.2 Å². The minimum Gasteiger partial charge on any atom is -0.494 e. The van der Waals surface area contributed by atoms with Crippen LogP contribution in [0.4, 0.5) is 0 Å². The first kappa shape index (κ1) is 14.3. The van der Waals surface area contributed by atoms with Crippen molar-refractivity contribution in [3.05, 3.63) is 52.7 Å². The highest BCUT2D eigenvalue weighted by Crippen LogP contribution is 2.12. The molecule has 0 fully saturated rings. The Bertz CT molecular complexity index is 643. The number of hydrogen-bond donors (Lipinski definition) is 1. The molecular formula is C14H17N3O2S. The van der Waals surface area contributed by atoms with Crippen molar-refractivity contribution in [3.63, 3.8) is 0 Å². The van der Waals surface area contributed by atoms with Gasteiger partial charge in [0.1, 0.15) is 10.7 Å². The van der Waals surface area contributed by atoms with Gasteiger partial charge in [-0.2, -0.15) is 0 Å². The summed E-state index contributed by atoms with van der Waals surface area (Å²) < 4.78 is 8.82. The van der Waals surface area contributed by atoms with Crippen molar-refractivity contribution in [2.75, 3.05) is 6.61 Å². The maximum atomic E-state index is 11.6. The van der Waals surface area contributed by atoms with Crippen LogP contribution in [-0.4, -0.2) is 20.7 Å². The number of aromatic nitrogens is 2.